The number of nitrogens with zero attached hydrogens (tertiary/aromatic N) is 1. The molecule has 0 unspecified atom stereocenters. The van der Waals surface area contributed by atoms with Crippen LogP contribution in [0.5, 0.6) is 0 Å². The quantitative estimate of drug-likeness (QED) is 0.827. The fourth-order valence-electron chi connectivity index (χ4n) is 1.99. The number of alkyl halides is 3. The Morgan fingerprint density at radius 1 is 1.35 bits per heavy atom. The minimum Gasteiger partial charge on any atom is -0.356 e. The fourth-order valence-corrected chi connectivity index (χ4v) is 1.99. The highest BCUT2D eigenvalue weighted by atomic mass is 19.4. The molecule has 1 amide bonds. The van der Waals surface area contributed by atoms with Gasteiger partial charge in [0.2, 0.25) is 5.91 Å². The molecule has 1 rings (SSSR count). The minimum atomic E-state index is -4.11. The van der Waals surface area contributed by atoms with Crippen molar-refractivity contribution in [1.82, 2.24) is 10.2 Å². The Bertz CT molecular complexity index is 248. The summed E-state index contributed by atoms with van der Waals surface area (Å²) in [6.07, 6.45) is -2.21. The van der Waals surface area contributed by atoms with Gasteiger partial charge in [-0.05, 0) is 31.8 Å². The van der Waals surface area contributed by atoms with Gasteiger partial charge in [0.1, 0.15) is 0 Å². The van der Waals surface area contributed by atoms with Gasteiger partial charge < -0.3 is 5.32 Å². The minimum absolute atomic E-state index is 0.00252. The molecule has 17 heavy (non-hydrogen) atoms. The molecule has 3 nitrogen and oxygen atoms in total. The highest BCUT2D eigenvalue weighted by Crippen LogP contribution is 2.22. The van der Waals surface area contributed by atoms with Crippen LogP contribution in [0, 0.1) is 5.92 Å². The van der Waals surface area contributed by atoms with Crippen LogP contribution in [0.1, 0.15) is 26.2 Å². The smallest absolute Gasteiger partial charge is 0.356 e. The van der Waals surface area contributed by atoms with Crippen LogP contribution in [-0.4, -0.2) is 43.2 Å². The SMILES string of the molecule is CCC(=O)NCC1CCN(CC(F)(F)F)CC1. The average molecular weight is 252 g/mol. The molecule has 0 aromatic carbocycles. The van der Waals surface area contributed by atoms with Gasteiger partial charge in [-0.2, -0.15) is 13.2 Å². The third-order valence-corrected chi connectivity index (χ3v) is 3.02. The van der Waals surface area contributed by atoms with Crippen molar-refractivity contribution in [3.05, 3.63) is 0 Å². The van der Waals surface area contributed by atoms with Gasteiger partial charge in [-0.1, -0.05) is 6.92 Å². The van der Waals surface area contributed by atoms with Crippen molar-refractivity contribution in [2.75, 3.05) is 26.2 Å². The summed E-state index contributed by atoms with van der Waals surface area (Å²) in [4.78, 5) is 12.5. The molecule has 1 fully saturated rings. The summed E-state index contributed by atoms with van der Waals surface area (Å²) < 4.78 is 36.4. The predicted molar refractivity (Wildman–Crippen MR) is 58.5 cm³/mol. The number of halogens is 3. The van der Waals surface area contributed by atoms with E-state index in [-0.39, 0.29) is 5.91 Å². The second-order valence-electron chi connectivity index (χ2n) is 4.49. The zero-order valence-electron chi connectivity index (χ0n) is 10.0. The molecule has 0 aliphatic carbocycles. The van der Waals surface area contributed by atoms with Crippen LogP contribution in [0.15, 0.2) is 0 Å². The first-order chi connectivity index (χ1) is 7.90. The van der Waals surface area contributed by atoms with E-state index in [4.69, 9.17) is 0 Å². The van der Waals surface area contributed by atoms with Gasteiger partial charge in [-0.25, -0.2) is 0 Å². The van der Waals surface area contributed by atoms with Crippen molar-refractivity contribution >= 4 is 5.91 Å². The molecule has 1 heterocycles. The lowest BCUT2D eigenvalue weighted by molar-refractivity contribution is -0.148. The lowest BCUT2D eigenvalue weighted by Gasteiger charge is -2.32. The molecule has 0 saturated carbocycles. The molecule has 100 valence electrons. The zero-order valence-corrected chi connectivity index (χ0v) is 10.0. The highest BCUT2D eigenvalue weighted by molar-refractivity contribution is 5.75. The van der Waals surface area contributed by atoms with E-state index in [1.807, 2.05) is 0 Å². The molecule has 6 heteroatoms. The number of piperidine rings is 1. The average Bonchev–Trinajstić information content (AvgIpc) is 2.25. The second-order valence-corrected chi connectivity index (χ2v) is 4.49. The van der Waals surface area contributed by atoms with E-state index in [2.05, 4.69) is 5.32 Å². The Morgan fingerprint density at radius 3 is 2.41 bits per heavy atom. The van der Waals surface area contributed by atoms with E-state index in [1.165, 1.54) is 4.90 Å². The summed E-state index contributed by atoms with van der Waals surface area (Å²) in [6, 6.07) is 0. The Kier molecular flexibility index (Phi) is 5.24. The van der Waals surface area contributed by atoms with E-state index in [1.54, 1.807) is 6.92 Å². The number of hydrogen-bond donors (Lipinski definition) is 1. The number of amides is 1. The molecule has 1 saturated heterocycles. The largest absolute Gasteiger partial charge is 0.401 e. The molecule has 1 aliphatic rings. The standard InChI is InChI=1S/C11H19F3N2O/c1-2-10(17)15-7-9-3-5-16(6-4-9)8-11(12,13)14/h9H,2-8H2,1H3,(H,15,17). The molecule has 1 N–H and O–H groups in total. The Balaban J connectivity index is 2.19. The lowest BCUT2D eigenvalue weighted by Crippen LogP contribution is -2.42. The summed E-state index contributed by atoms with van der Waals surface area (Å²) >= 11 is 0. The number of nitrogens with one attached hydrogen (secondary N) is 1. The van der Waals surface area contributed by atoms with E-state index < -0.39 is 12.7 Å². The van der Waals surface area contributed by atoms with Gasteiger partial charge in [0.25, 0.3) is 0 Å². The van der Waals surface area contributed by atoms with E-state index in [9.17, 15) is 18.0 Å². The van der Waals surface area contributed by atoms with Gasteiger partial charge in [0.15, 0.2) is 0 Å². The lowest BCUT2D eigenvalue weighted by atomic mass is 9.97. The summed E-state index contributed by atoms with van der Waals surface area (Å²) in [7, 11) is 0. The molecular weight excluding hydrogens is 233 g/mol. The summed E-state index contributed by atoms with van der Waals surface area (Å²) in [6.45, 7) is 2.48. The maximum Gasteiger partial charge on any atom is 0.401 e. The van der Waals surface area contributed by atoms with Gasteiger partial charge in [-0.3, -0.25) is 9.69 Å². The number of hydrogen-bond acceptors (Lipinski definition) is 2. The number of carbonyl (C=O) groups excluding carboxylic acids is 1. The third kappa shape index (κ3) is 5.91. The van der Waals surface area contributed by atoms with Crippen molar-refractivity contribution in [2.45, 2.75) is 32.4 Å². The summed E-state index contributed by atoms with van der Waals surface area (Å²) in [5.74, 6) is 0.317. The van der Waals surface area contributed by atoms with Gasteiger partial charge >= 0.3 is 6.18 Å². The third-order valence-electron chi connectivity index (χ3n) is 3.02. The Labute approximate surface area is 99.4 Å². The molecule has 0 aromatic rings. The van der Waals surface area contributed by atoms with Crippen molar-refractivity contribution in [2.24, 2.45) is 5.92 Å². The predicted octanol–water partition coefficient (Wildman–Crippen LogP) is 1.79. The van der Waals surface area contributed by atoms with E-state index >= 15 is 0 Å². The number of rotatable bonds is 4. The maximum absolute atomic E-state index is 12.1. The maximum atomic E-state index is 12.1. The molecule has 0 aromatic heterocycles. The molecule has 0 atom stereocenters. The Hall–Kier alpha value is -0.780. The van der Waals surface area contributed by atoms with Crippen LogP contribution < -0.4 is 5.32 Å². The number of carbonyl (C=O) groups is 1. The molecule has 0 bridgehead atoms. The molecule has 1 aliphatic heterocycles. The number of likely N-dealkylation sites (tertiary alicyclic amines) is 1. The molecule has 0 spiro atoms. The first-order valence-electron chi connectivity index (χ1n) is 5.96. The van der Waals surface area contributed by atoms with Crippen molar-refractivity contribution in [3.8, 4) is 0 Å². The summed E-state index contributed by atoms with van der Waals surface area (Å²) in [5.41, 5.74) is 0. The first kappa shape index (κ1) is 14.3. The normalized spacial score (nSPS) is 19.3. The van der Waals surface area contributed by atoms with Crippen molar-refractivity contribution in [3.63, 3.8) is 0 Å². The molecule has 0 radical (unpaired) electrons. The second kappa shape index (κ2) is 6.23. The van der Waals surface area contributed by atoms with Gasteiger partial charge in [0, 0.05) is 13.0 Å². The Morgan fingerprint density at radius 2 is 1.94 bits per heavy atom. The highest BCUT2D eigenvalue weighted by Gasteiger charge is 2.32. The van der Waals surface area contributed by atoms with E-state index in [0.717, 1.165) is 12.8 Å². The monoisotopic (exact) mass is 252 g/mol. The first-order valence-corrected chi connectivity index (χ1v) is 5.96. The molecular formula is C11H19F3N2O. The van der Waals surface area contributed by atoms with E-state index in [0.29, 0.717) is 32.0 Å². The van der Waals surface area contributed by atoms with Gasteiger partial charge in [0.05, 0.1) is 6.54 Å². The van der Waals surface area contributed by atoms with Crippen LogP contribution >= 0.6 is 0 Å². The van der Waals surface area contributed by atoms with Crippen LogP contribution in [-0.2, 0) is 4.79 Å². The van der Waals surface area contributed by atoms with Crippen LogP contribution in [0.4, 0.5) is 13.2 Å². The zero-order chi connectivity index (χ0) is 12.9. The van der Waals surface area contributed by atoms with Crippen molar-refractivity contribution in [1.29, 1.82) is 0 Å². The van der Waals surface area contributed by atoms with Crippen LogP contribution in [0.3, 0.4) is 0 Å². The summed E-state index contributed by atoms with van der Waals surface area (Å²) in [5, 5.41) is 2.79. The van der Waals surface area contributed by atoms with Crippen molar-refractivity contribution < 1.29 is 18.0 Å². The van der Waals surface area contributed by atoms with Crippen LogP contribution in [0.25, 0.3) is 0 Å². The fraction of sp³-hybridized carbons (Fsp3) is 0.909. The van der Waals surface area contributed by atoms with Crippen LogP contribution in [0.2, 0.25) is 0 Å². The topological polar surface area (TPSA) is 32.3 Å². The van der Waals surface area contributed by atoms with Gasteiger partial charge in [-0.15, -0.1) is 0 Å².